The van der Waals surface area contributed by atoms with Crippen molar-refractivity contribution in [3.63, 3.8) is 0 Å². The molecule has 0 N–H and O–H groups in total. The third-order valence-corrected chi connectivity index (χ3v) is 6.23. The number of rotatable bonds is 4. The molecule has 0 spiro atoms. The topological polar surface area (TPSA) is 45.5 Å². The Morgan fingerprint density at radius 1 is 1.00 bits per heavy atom. The van der Waals surface area contributed by atoms with Crippen molar-refractivity contribution in [3.8, 4) is 17.6 Å². The Balaban J connectivity index is 1.73. The van der Waals surface area contributed by atoms with Crippen LogP contribution in [-0.2, 0) is 5.41 Å². The van der Waals surface area contributed by atoms with Crippen LogP contribution in [-0.4, -0.2) is 26.3 Å². The normalized spacial score (nSPS) is 26.9. The fourth-order valence-corrected chi connectivity index (χ4v) is 5.00. The molecule has 0 amide bonds. The second kappa shape index (κ2) is 7.15. The minimum absolute atomic E-state index is 0.347. The average molecular weight is 362 g/mol. The van der Waals surface area contributed by atoms with Crippen LogP contribution in [0.1, 0.15) is 37.7 Å². The molecule has 3 atom stereocenters. The maximum atomic E-state index is 10.2. The van der Waals surface area contributed by atoms with Gasteiger partial charge in [0.1, 0.15) is 11.5 Å². The third kappa shape index (κ3) is 3.02. The van der Waals surface area contributed by atoms with E-state index < -0.39 is 5.41 Å². The predicted molar refractivity (Wildman–Crippen MR) is 106 cm³/mol. The summed E-state index contributed by atoms with van der Waals surface area (Å²) < 4.78 is 11.0. The van der Waals surface area contributed by atoms with Crippen molar-refractivity contribution >= 4 is 5.69 Å². The molecule has 2 aliphatic rings. The number of piperidine rings is 2. The maximum Gasteiger partial charge on any atom is 0.142 e. The number of nitriles is 1. The van der Waals surface area contributed by atoms with E-state index in [2.05, 4.69) is 29.2 Å². The van der Waals surface area contributed by atoms with Gasteiger partial charge in [0.25, 0.3) is 0 Å². The molecule has 2 fully saturated rings. The number of fused-ring (bicyclic) bond motifs is 2. The number of hydrogen-bond acceptors (Lipinski definition) is 4. The zero-order chi connectivity index (χ0) is 18.9. The molecule has 4 rings (SSSR count). The van der Waals surface area contributed by atoms with E-state index >= 15 is 0 Å². The maximum absolute atomic E-state index is 10.2. The predicted octanol–water partition coefficient (Wildman–Crippen LogP) is 4.69. The molecule has 27 heavy (non-hydrogen) atoms. The van der Waals surface area contributed by atoms with Gasteiger partial charge in [-0.15, -0.1) is 0 Å². The van der Waals surface area contributed by atoms with E-state index in [9.17, 15) is 5.26 Å². The average Bonchev–Trinajstić information content (AvgIpc) is 2.72. The summed E-state index contributed by atoms with van der Waals surface area (Å²) in [4.78, 5) is 2.53. The van der Waals surface area contributed by atoms with Crippen LogP contribution in [0.15, 0.2) is 48.5 Å². The number of nitrogens with zero attached hydrogens (tertiary/aromatic N) is 2. The van der Waals surface area contributed by atoms with Gasteiger partial charge in [-0.3, -0.25) is 0 Å². The van der Waals surface area contributed by atoms with Gasteiger partial charge in [0, 0.05) is 12.1 Å². The van der Waals surface area contributed by atoms with Crippen LogP contribution >= 0.6 is 0 Å². The highest BCUT2D eigenvalue weighted by molar-refractivity contribution is 5.61. The summed E-state index contributed by atoms with van der Waals surface area (Å²) in [6.45, 7) is 0. The van der Waals surface area contributed by atoms with E-state index in [0.717, 1.165) is 48.4 Å². The van der Waals surface area contributed by atoms with Gasteiger partial charge in [-0.05, 0) is 61.9 Å². The van der Waals surface area contributed by atoms with Crippen LogP contribution < -0.4 is 14.4 Å². The lowest BCUT2D eigenvalue weighted by atomic mass is 9.65. The van der Waals surface area contributed by atoms with Crippen LogP contribution in [0, 0.1) is 11.3 Å². The van der Waals surface area contributed by atoms with Gasteiger partial charge >= 0.3 is 0 Å². The lowest BCUT2D eigenvalue weighted by Gasteiger charge is -2.53. The number of methoxy groups -OCH3 is 2. The molecule has 0 aliphatic carbocycles. The Morgan fingerprint density at radius 3 is 2.41 bits per heavy atom. The van der Waals surface area contributed by atoms with E-state index in [1.54, 1.807) is 14.2 Å². The fourth-order valence-electron chi connectivity index (χ4n) is 5.00. The molecule has 0 radical (unpaired) electrons. The number of ether oxygens (including phenoxy) is 2. The number of anilines is 1. The van der Waals surface area contributed by atoms with Crippen LogP contribution in [0.3, 0.4) is 0 Å². The van der Waals surface area contributed by atoms with Crippen LogP contribution in [0.5, 0.6) is 11.5 Å². The van der Waals surface area contributed by atoms with Crippen molar-refractivity contribution in [1.82, 2.24) is 0 Å². The van der Waals surface area contributed by atoms with E-state index in [0.29, 0.717) is 12.1 Å². The largest absolute Gasteiger partial charge is 0.497 e. The van der Waals surface area contributed by atoms with Crippen molar-refractivity contribution in [3.05, 3.63) is 54.1 Å². The Hall–Kier alpha value is -2.67. The van der Waals surface area contributed by atoms with Crippen molar-refractivity contribution in [1.29, 1.82) is 5.26 Å². The minimum Gasteiger partial charge on any atom is -0.497 e. The zero-order valence-electron chi connectivity index (χ0n) is 16.0. The van der Waals surface area contributed by atoms with E-state index in [1.807, 2.05) is 30.3 Å². The summed E-state index contributed by atoms with van der Waals surface area (Å²) in [6, 6.07) is 19.7. The van der Waals surface area contributed by atoms with E-state index in [-0.39, 0.29) is 0 Å². The minimum atomic E-state index is -0.456. The van der Waals surface area contributed by atoms with Gasteiger partial charge in [-0.25, -0.2) is 0 Å². The first kappa shape index (κ1) is 17.7. The van der Waals surface area contributed by atoms with Crippen LogP contribution in [0.2, 0.25) is 0 Å². The molecule has 0 saturated carbocycles. The molecule has 2 saturated heterocycles. The molecule has 4 nitrogen and oxygen atoms in total. The first-order chi connectivity index (χ1) is 13.2. The van der Waals surface area contributed by atoms with Gasteiger partial charge in [0.2, 0.25) is 0 Å². The molecule has 2 aromatic rings. The Labute approximate surface area is 161 Å². The van der Waals surface area contributed by atoms with Crippen LogP contribution in [0.25, 0.3) is 0 Å². The number of hydrogen-bond donors (Lipinski definition) is 0. The summed E-state index contributed by atoms with van der Waals surface area (Å²) in [5.74, 6) is 1.74. The molecule has 2 bridgehead atoms. The first-order valence-electron chi connectivity index (χ1n) is 9.68. The van der Waals surface area contributed by atoms with Crippen LogP contribution in [0.4, 0.5) is 5.69 Å². The molecule has 2 heterocycles. The van der Waals surface area contributed by atoms with Gasteiger partial charge < -0.3 is 14.4 Å². The summed E-state index contributed by atoms with van der Waals surface area (Å²) in [7, 11) is 3.41. The molecule has 0 unspecified atom stereocenters. The monoisotopic (exact) mass is 362 g/mol. The smallest absolute Gasteiger partial charge is 0.142 e. The molecule has 140 valence electrons. The van der Waals surface area contributed by atoms with Crippen molar-refractivity contribution < 1.29 is 9.47 Å². The van der Waals surface area contributed by atoms with Gasteiger partial charge in [0.15, 0.2) is 0 Å². The van der Waals surface area contributed by atoms with Gasteiger partial charge in [-0.1, -0.05) is 24.3 Å². The first-order valence-corrected chi connectivity index (χ1v) is 9.68. The molecule has 2 aromatic carbocycles. The molecule has 2 aliphatic heterocycles. The summed E-state index contributed by atoms with van der Waals surface area (Å²) in [5, 5.41) is 10.2. The third-order valence-electron chi connectivity index (χ3n) is 6.23. The molecule has 4 heteroatoms. The van der Waals surface area contributed by atoms with Crippen molar-refractivity contribution in [2.75, 3.05) is 19.1 Å². The summed E-state index contributed by atoms with van der Waals surface area (Å²) in [6.07, 6.45) is 5.13. The Kier molecular flexibility index (Phi) is 4.70. The molecular formula is C23H26N2O2. The number of benzene rings is 2. The molecule has 0 aromatic heterocycles. The van der Waals surface area contributed by atoms with Gasteiger partial charge in [-0.2, -0.15) is 5.26 Å². The van der Waals surface area contributed by atoms with Crippen molar-refractivity contribution in [2.24, 2.45) is 0 Å². The zero-order valence-corrected chi connectivity index (χ0v) is 16.0. The Bertz CT molecular complexity index is 843. The fraction of sp³-hybridized carbons (Fsp3) is 0.435. The van der Waals surface area contributed by atoms with E-state index in [1.165, 1.54) is 6.42 Å². The highest BCUT2D eigenvalue weighted by atomic mass is 16.5. The standard InChI is InChI=1S/C23H26N2O2/c1-26-20-10-5-7-17(13-20)23(16-24)14-18-8-6-9-19(15-23)25(18)21-11-3-4-12-22(21)27-2/h3-5,7,10-13,18-19H,6,8-9,14-15H2,1-2H3/t18-,19+,23+. The van der Waals surface area contributed by atoms with E-state index in [4.69, 9.17) is 9.47 Å². The summed E-state index contributed by atoms with van der Waals surface area (Å²) in [5.41, 5.74) is 1.79. The quantitative estimate of drug-likeness (QED) is 0.792. The second-order valence-corrected chi connectivity index (χ2v) is 7.65. The lowest BCUT2D eigenvalue weighted by Crippen LogP contribution is -2.56. The molecular weight excluding hydrogens is 336 g/mol. The number of para-hydroxylation sites is 2. The van der Waals surface area contributed by atoms with Crippen molar-refractivity contribution in [2.45, 2.75) is 49.6 Å². The highest BCUT2D eigenvalue weighted by Gasteiger charge is 2.48. The lowest BCUT2D eigenvalue weighted by molar-refractivity contribution is 0.229. The second-order valence-electron chi connectivity index (χ2n) is 7.65. The van der Waals surface area contributed by atoms with Gasteiger partial charge in [0.05, 0.1) is 31.4 Å². The summed E-state index contributed by atoms with van der Waals surface area (Å²) >= 11 is 0. The SMILES string of the molecule is COc1cccc([C@@]2(C#N)C[C@H]3CCC[C@@H](C2)N3c2ccccc2OC)c1. The highest BCUT2D eigenvalue weighted by Crippen LogP contribution is 2.49. The Morgan fingerprint density at radius 2 is 1.74 bits per heavy atom.